The smallest absolute Gasteiger partial charge is 0.141 e. The molecule has 0 saturated heterocycles. The molecule has 2 aromatic rings. The van der Waals surface area contributed by atoms with Gasteiger partial charge in [0, 0.05) is 22.9 Å². The number of carbonyl (C=O) groups excluding carboxylic acids is 1. The summed E-state index contributed by atoms with van der Waals surface area (Å²) in [6, 6.07) is 12.1. The number of halogens is 2. The molecule has 0 radical (unpaired) electrons. The van der Waals surface area contributed by atoms with Crippen molar-refractivity contribution in [2.45, 2.75) is 12.8 Å². The van der Waals surface area contributed by atoms with Gasteiger partial charge in [0.05, 0.1) is 7.11 Å². The van der Waals surface area contributed by atoms with Gasteiger partial charge >= 0.3 is 0 Å². The minimum absolute atomic E-state index is 0.0456. The van der Waals surface area contributed by atoms with E-state index in [2.05, 4.69) is 15.9 Å². The van der Waals surface area contributed by atoms with E-state index in [4.69, 9.17) is 4.74 Å². The number of hydrogen-bond acceptors (Lipinski definition) is 2. The maximum absolute atomic E-state index is 13.7. The largest absolute Gasteiger partial charge is 0.496 e. The predicted octanol–water partition coefficient (Wildman–Crippen LogP) is 3.95. The number of ether oxygens (including phenoxy) is 1. The molecule has 0 unspecified atom stereocenters. The van der Waals surface area contributed by atoms with Crippen molar-refractivity contribution >= 4 is 21.7 Å². The zero-order valence-corrected chi connectivity index (χ0v) is 12.6. The molecular formula is C16H14BrFO2. The van der Waals surface area contributed by atoms with Crippen LogP contribution in [-0.2, 0) is 17.6 Å². The molecule has 0 heterocycles. The predicted molar refractivity (Wildman–Crippen MR) is 79.5 cm³/mol. The summed E-state index contributed by atoms with van der Waals surface area (Å²) in [7, 11) is 1.57. The molecule has 2 rings (SSSR count). The molecule has 4 heteroatoms. The Balaban J connectivity index is 2.09. The summed E-state index contributed by atoms with van der Waals surface area (Å²) >= 11 is 3.19. The van der Waals surface area contributed by atoms with Gasteiger partial charge in [0.15, 0.2) is 0 Å². The Morgan fingerprint density at radius 1 is 1.15 bits per heavy atom. The number of carbonyl (C=O) groups is 1. The molecule has 0 amide bonds. The quantitative estimate of drug-likeness (QED) is 0.826. The lowest BCUT2D eigenvalue weighted by atomic mass is 10.0. The maximum Gasteiger partial charge on any atom is 0.141 e. The number of rotatable bonds is 5. The molecule has 0 atom stereocenters. The lowest BCUT2D eigenvalue weighted by Crippen LogP contribution is -2.08. The zero-order chi connectivity index (χ0) is 14.5. The molecule has 2 nitrogen and oxygen atoms in total. The minimum Gasteiger partial charge on any atom is -0.496 e. The van der Waals surface area contributed by atoms with Crippen LogP contribution in [0, 0.1) is 5.82 Å². The third kappa shape index (κ3) is 3.67. The van der Waals surface area contributed by atoms with Crippen molar-refractivity contribution in [3.8, 4) is 5.75 Å². The van der Waals surface area contributed by atoms with Gasteiger partial charge in [-0.15, -0.1) is 0 Å². The fourth-order valence-electron chi connectivity index (χ4n) is 2.00. The lowest BCUT2D eigenvalue weighted by molar-refractivity contribution is -0.117. The van der Waals surface area contributed by atoms with Gasteiger partial charge in [0.2, 0.25) is 0 Å². The minimum atomic E-state index is -0.368. The Kier molecular flexibility index (Phi) is 4.90. The van der Waals surface area contributed by atoms with Gasteiger partial charge in [-0.2, -0.15) is 0 Å². The van der Waals surface area contributed by atoms with E-state index in [9.17, 15) is 9.18 Å². The highest BCUT2D eigenvalue weighted by Gasteiger charge is 2.11. The SMILES string of the molecule is COc1ccccc1CC(=O)Cc1ccc(Br)cc1F. The van der Waals surface area contributed by atoms with Crippen LogP contribution in [0.15, 0.2) is 46.9 Å². The number of para-hydroxylation sites is 1. The van der Waals surface area contributed by atoms with Crippen molar-refractivity contribution in [1.82, 2.24) is 0 Å². The van der Waals surface area contributed by atoms with Crippen molar-refractivity contribution in [3.05, 3.63) is 63.9 Å². The van der Waals surface area contributed by atoms with Gasteiger partial charge in [0.25, 0.3) is 0 Å². The van der Waals surface area contributed by atoms with Crippen LogP contribution in [0.25, 0.3) is 0 Å². The van der Waals surface area contributed by atoms with Gasteiger partial charge in [0.1, 0.15) is 17.3 Å². The van der Waals surface area contributed by atoms with Crippen molar-refractivity contribution in [1.29, 1.82) is 0 Å². The summed E-state index contributed by atoms with van der Waals surface area (Å²) in [5.74, 6) is 0.264. The maximum atomic E-state index is 13.7. The first-order valence-corrected chi connectivity index (χ1v) is 6.97. The summed E-state index contributed by atoms with van der Waals surface area (Å²) in [6.45, 7) is 0. The van der Waals surface area contributed by atoms with Crippen molar-refractivity contribution in [2.24, 2.45) is 0 Å². The zero-order valence-electron chi connectivity index (χ0n) is 11.0. The first-order valence-electron chi connectivity index (χ1n) is 6.17. The highest BCUT2D eigenvalue weighted by atomic mass is 79.9. The second-order valence-electron chi connectivity index (χ2n) is 4.44. The van der Waals surface area contributed by atoms with E-state index >= 15 is 0 Å². The van der Waals surface area contributed by atoms with Crippen LogP contribution in [0.3, 0.4) is 0 Å². The van der Waals surface area contributed by atoms with Crippen LogP contribution in [-0.4, -0.2) is 12.9 Å². The van der Waals surface area contributed by atoms with Gasteiger partial charge in [-0.1, -0.05) is 40.2 Å². The Bertz CT molecular complexity index is 626. The summed E-state index contributed by atoms with van der Waals surface area (Å²) in [4.78, 5) is 12.1. The van der Waals surface area contributed by atoms with Crippen LogP contribution in [0.2, 0.25) is 0 Å². The number of Topliss-reactive ketones (excluding diaryl/α,β-unsaturated/α-hetero) is 1. The van der Waals surface area contributed by atoms with Gasteiger partial charge < -0.3 is 4.74 Å². The molecule has 0 saturated carbocycles. The summed E-state index contributed by atoms with van der Waals surface area (Å²) < 4.78 is 19.6. The number of ketones is 1. The molecule has 0 aliphatic heterocycles. The second-order valence-corrected chi connectivity index (χ2v) is 5.36. The third-order valence-corrected chi connectivity index (χ3v) is 3.48. The van der Waals surface area contributed by atoms with E-state index in [-0.39, 0.29) is 24.4 Å². The lowest BCUT2D eigenvalue weighted by Gasteiger charge is -2.08. The van der Waals surface area contributed by atoms with Crippen LogP contribution in [0.1, 0.15) is 11.1 Å². The summed E-state index contributed by atoms with van der Waals surface area (Å²) in [5.41, 5.74) is 1.23. The number of methoxy groups -OCH3 is 1. The molecule has 0 fully saturated rings. The highest BCUT2D eigenvalue weighted by molar-refractivity contribution is 9.10. The molecule has 0 aliphatic carbocycles. The van der Waals surface area contributed by atoms with Crippen LogP contribution in [0.5, 0.6) is 5.75 Å². The molecule has 0 aromatic heterocycles. The molecule has 0 bridgehead atoms. The van der Waals surface area contributed by atoms with E-state index in [0.717, 1.165) is 5.56 Å². The van der Waals surface area contributed by atoms with Crippen molar-refractivity contribution in [3.63, 3.8) is 0 Å². The van der Waals surface area contributed by atoms with Gasteiger partial charge in [-0.05, 0) is 23.8 Å². The van der Waals surface area contributed by atoms with Crippen molar-refractivity contribution in [2.75, 3.05) is 7.11 Å². The number of benzene rings is 2. The average Bonchev–Trinajstić information content (AvgIpc) is 2.42. The Morgan fingerprint density at radius 2 is 1.85 bits per heavy atom. The molecule has 0 N–H and O–H groups in total. The first-order chi connectivity index (χ1) is 9.60. The second kappa shape index (κ2) is 6.66. The molecule has 2 aromatic carbocycles. The Morgan fingerprint density at radius 3 is 2.55 bits per heavy atom. The van der Waals surface area contributed by atoms with E-state index in [1.165, 1.54) is 6.07 Å². The standard InChI is InChI=1S/C16H14BrFO2/c1-20-16-5-3-2-4-12(16)9-14(19)8-11-6-7-13(17)10-15(11)18/h2-7,10H,8-9H2,1H3. The normalized spacial score (nSPS) is 10.3. The Labute approximate surface area is 125 Å². The van der Waals surface area contributed by atoms with E-state index in [1.807, 2.05) is 24.3 Å². The summed E-state index contributed by atoms with van der Waals surface area (Å²) in [5, 5.41) is 0. The van der Waals surface area contributed by atoms with Gasteiger partial charge in [-0.25, -0.2) is 4.39 Å². The van der Waals surface area contributed by atoms with E-state index in [0.29, 0.717) is 15.8 Å². The Hall–Kier alpha value is -1.68. The van der Waals surface area contributed by atoms with Crippen LogP contribution in [0.4, 0.5) is 4.39 Å². The fraction of sp³-hybridized carbons (Fsp3) is 0.188. The average molecular weight is 337 g/mol. The fourth-order valence-corrected chi connectivity index (χ4v) is 2.33. The topological polar surface area (TPSA) is 26.3 Å². The van der Waals surface area contributed by atoms with Crippen LogP contribution < -0.4 is 4.74 Å². The molecule has 0 spiro atoms. The van der Waals surface area contributed by atoms with Crippen LogP contribution >= 0.6 is 15.9 Å². The van der Waals surface area contributed by atoms with Gasteiger partial charge in [-0.3, -0.25) is 4.79 Å². The third-order valence-electron chi connectivity index (χ3n) is 2.98. The molecule has 20 heavy (non-hydrogen) atoms. The molecular weight excluding hydrogens is 323 g/mol. The first kappa shape index (κ1) is 14.7. The van der Waals surface area contributed by atoms with Crippen molar-refractivity contribution < 1.29 is 13.9 Å². The number of hydrogen-bond donors (Lipinski definition) is 0. The highest BCUT2D eigenvalue weighted by Crippen LogP contribution is 2.20. The van der Waals surface area contributed by atoms with E-state index < -0.39 is 0 Å². The van der Waals surface area contributed by atoms with E-state index in [1.54, 1.807) is 19.2 Å². The monoisotopic (exact) mass is 336 g/mol. The molecule has 0 aliphatic rings. The molecule has 104 valence electrons. The summed E-state index contributed by atoms with van der Waals surface area (Å²) in [6.07, 6.45) is 0.316.